The van der Waals surface area contributed by atoms with Gasteiger partial charge in [-0.15, -0.1) is 0 Å². The number of nitrogens with zero attached hydrogens (tertiary/aromatic N) is 1. The Morgan fingerprint density at radius 3 is 2.33 bits per heavy atom. The predicted octanol–water partition coefficient (Wildman–Crippen LogP) is -2.74. The number of carboxylic acids is 1. The Morgan fingerprint density at radius 1 is 1.40 bits per heavy atom. The number of nitrogens with one attached hydrogen (secondary N) is 1. The van der Waals surface area contributed by atoms with E-state index in [1.165, 1.54) is 9.80 Å². The quantitative estimate of drug-likeness (QED) is 0.507. The molecule has 0 aromatic heterocycles. The molecule has 1 heterocycles. The molecule has 1 atom stereocenters. The van der Waals surface area contributed by atoms with E-state index in [-0.39, 0.29) is 0 Å². The first-order valence-corrected chi connectivity index (χ1v) is 5.41. The third-order valence-corrected chi connectivity index (χ3v) is 3.18. The van der Waals surface area contributed by atoms with Crippen LogP contribution in [0.2, 0.25) is 0 Å². The van der Waals surface area contributed by atoms with Gasteiger partial charge in [-0.2, -0.15) is 0 Å². The molecular weight excluding hydrogens is 196 g/mol. The second-order valence-corrected chi connectivity index (χ2v) is 4.05. The van der Waals surface area contributed by atoms with Gasteiger partial charge in [0.2, 0.25) is 0 Å². The van der Waals surface area contributed by atoms with E-state index in [2.05, 4.69) is 13.8 Å². The lowest BCUT2D eigenvalue weighted by Crippen LogP contribution is -3.17. The van der Waals surface area contributed by atoms with Crippen LogP contribution < -0.4 is 10.0 Å². The Hall–Kier alpha value is -1.10. The zero-order chi connectivity index (χ0) is 11.4. The van der Waals surface area contributed by atoms with Gasteiger partial charge in [0.1, 0.15) is 5.97 Å². The van der Waals surface area contributed by atoms with E-state index in [0.29, 0.717) is 19.1 Å². The second-order valence-electron chi connectivity index (χ2n) is 4.05. The molecule has 0 aromatic carbocycles. The van der Waals surface area contributed by atoms with E-state index in [0.717, 1.165) is 19.5 Å². The summed E-state index contributed by atoms with van der Waals surface area (Å²) in [6, 6.07) is 0.574. The van der Waals surface area contributed by atoms with Gasteiger partial charge in [-0.25, -0.2) is 0 Å². The predicted molar refractivity (Wildman–Crippen MR) is 52.0 cm³/mol. The Kier molecular flexibility index (Phi) is 4.08. The number of carbonyl (C=O) groups is 2. The molecule has 0 aliphatic carbocycles. The van der Waals surface area contributed by atoms with Crippen LogP contribution in [0.15, 0.2) is 0 Å². The first-order valence-electron chi connectivity index (χ1n) is 5.41. The number of aliphatic carboxylic acids is 1. The molecule has 5 heteroatoms. The van der Waals surface area contributed by atoms with E-state index >= 15 is 0 Å². The summed E-state index contributed by atoms with van der Waals surface area (Å²) in [7, 11) is 0. The molecule has 86 valence electrons. The van der Waals surface area contributed by atoms with Gasteiger partial charge in [0, 0.05) is 0 Å². The minimum Gasteiger partial charge on any atom is -0.540 e. The summed E-state index contributed by atoms with van der Waals surface area (Å²) in [5, 5.41) is 10.4. The average Bonchev–Trinajstić information content (AvgIpc) is 2.27. The molecule has 0 spiro atoms. The summed E-state index contributed by atoms with van der Waals surface area (Å²) >= 11 is 0. The highest BCUT2D eigenvalue weighted by Crippen LogP contribution is 1.92. The van der Waals surface area contributed by atoms with Crippen molar-refractivity contribution >= 4 is 11.9 Å². The van der Waals surface area contributed by atoms with Gasteiger partial charge in [0.25, 0.3) is 5.91 Å². The second kappa shape index (κ2) is 5.11. The molecule has 1 aliphatic heterocycles. The van der Waals surface area contributed by atoms with Crippen LogP contribution in [0.3, 0.4) is 0 Å². The number of hydrogen-bond acceptors (Lipinski definition) is 3. The van der Waals surface area contributed by atoms with Gasteiger partial charge in [-0.1, -0.05) is 6.92 Å². The van der Waals surface area contributed by atoms with Crippen LogP contribution in [0.4, 0.5) is 0 Å². The van der Waals surface area contributed by atoms with Crippen LogP contribution in [0.5, 0.6) is 0 Å². The highest BCUT2D eigenvalue weighted by molar-refractivity contribution is 6.30. The summed E-state index contributed by atoms with van der Waals surface area (Å²) in [6.45, 7) is 7.00. The molecule has 0 unspecified atom stereocenters. The lowest BCUT2D eigenvalue weighted by Gasteiger charge is -2.35. The van der Waals surface area contributed by atoms with Crippen LogP contribution in [0, 0.1) is 0 Å². The highest BCUT2D eigenvalue weighted by atomic mass is 16.4. The lowest BCUT2D eigenvalue weighted by atomic mass is 10.2. The van der Waals surface area contributed by atoms with E-state index in [9.17, 15) is 14.7 Å². The molecule has 1 fully saturated rings. The third-order valence-electron chi connectivity index (χ3n) is 3.18. The number of hydrogen-bond donors (Lipinski definition) is 1. The zero-order valence-electron chi connectivity index (χ0n) is 9.28. The summed E-state index contributed by atoms with van der Waals surface area (Å²) < 4.78 is 0. The fraction of sp³-hybridized carbons (Fsp3) is 0.800. The number of piperazine rings is 1. The minimum atomic E-state index is -1.60. The molecule has 1 aliphatic rings. The average molecular weight is 214 g/mol. The highest BCUT2D eigenvalue weighted by Gasteiger charge is 2.26. The largest absolute Gasteiger partial charge is 0.540 e. The molecule has 0 saturated carbocycles. The smallest absolute Gasteiger partial charge is 0.269 e. The maximum absolute atomic E-state index is 11.1. The van der Waals surface area contributed by atoms with Crippen molar-refractivity contribution in [2.45, 2.75) is 26.3 Å². The van der Waals surface area contributed by atoms with Gasteiger partial charge >= 0.3 is 0 Å². The van der Waals surface area contributed by atoms with E-state index in [4.69, 9.17) is 0 Å². The standard InChI is InChI=1S/C10H18N2O3/c1-3-8(2)11-4-6-12(7-5-11)9(13)10(14)15/h8H,3-7H2,1-2H3,(H,14,15)/t8-/m1/s1. The maximum atomic E-state index is 11.1. The summed E-state index contributed by atoms with van der Waals surface area (Å²) in [5.41, 5.74) is 0. The topological polar surface area (TPSA) is 64.9 Å². The molecule has 0 aromatic rings. The summed E-state index contributed by atoms with van der Waals surface area (Å²) in [6.07, 6.45) is 1.10. The normalized spacial score (nSPS) is 20.0. The van der Waals surface area contributed by atoms with Crippen LogP contribution in [-0.4, -0.2) is 49.0 Å². The van der Waals surface area contributed by atoms with Gasteiger partial charge < -0.3 is 19.7 Å². The van der Waals surface area contributed by atoms with Crippen molar-refractivity contribution < 1.29 is 19.6 Å². The van der Waals surface area contributed by atoms with E-state index < -0.39 is 11.9 Å². The van der Waals surface area contributed by atoms with Crippen molar-refractivity contribution in [3.05, 3.63) is 0 Å². The minimum absolute atomic E-state index is 0.520. The molecule has 0 bridgehead atoms. The fourth-order valence-electron chi connectivity index (χ4n) is 1.91. The number of carbonyl (C=O) groups excluding carboxylic acids is 2. The molecule has 1 saturated heterocycles. The SMILES string of the molecule is CC[C@@H](C)[NH+]1CCN(C(=O)C(=O)[O-])CC1. The number of carboxylic acid groups (broad SMARTS) is 1. The van der Waals surface area contributed by atoms with Crippen LogP contribution in [0.25, 0.3) is 0 Å². The fourth-order valence-corrected chi connectivity index (χ4v) is 1.91. The summed E-state index contributed by atoms with van der Waals surface area (Å²) in [4.78, 5) is 24.3. The molecule has 1 amide bonds. The van der Waals surface area contributed by atoms with Crippen LogP contribution in [0.1, 0.15) is 20.3 Å². The van der Waals surface area contributed by atoms with Crippen molar-refractivity contribution in [2.75, 3.05) is 26.2 Å². The Balaban J connectivity index is 2.42. The van der Waals surface area contributed by atoms with Gasteiger partial charge in [-0.05, 0) is 13.3 Å². The first-order chi connectivity index (χ1) is 7.06. The van der Waals surface area contributed by atoms with Gasteiger partial charge in [-0.3, -0.25) is 4.79 Å². The van der Waals surface area contributed by atoms with Crippen molar-refractivity contribution in [3.8, 4) is 0 Å². The van der Waals surface area contributed by atoms with Crippen molar-refractivity contribution in [1.29, 1.82) is 0 Å². The summed E-state index contributed by atoms with van der Waals surface area (Å²) in [5.74, 6) is -2.47. The first kappa shape index (κ1) is 12.0. The van der Waals surface area contributed by atoms with Crippen LogP contribution in [-0.2, 0) is 9.59 Å². The molecule has 5 nitrogen and oxygen atoms in total. The molecular formula is C10H18N2O3. The molecule has 1 rings (SSSR count). The Bertz CT molecular complexity index is 247. The van der Waals surface area contributed by atoms with E-state index in [1.54, 1.807) is 0 Å². The molecule has 1 N–H and O–H groups in total. The lowest BCUT2D eigenvalue weighted by molar-refractivity contribution is -0.927. The number of rotatable bonds is 2. The Morgan fingerprint density at radius 2 is 1.93 bits per heavy atom. The van der Waals surface area contributed by atoms with Crippen molar-refractivity contribution in [3.63, 3.8) is 0 Å². The number of amides is 1. The molecule has 0 radical (unpaired) electrons. The zero-order valence-corrected chi connectivity index (χ0v) is 9.28. The van der Waals surface area contributed by atoms with Gasteiger partial charge in [0.15, 0.2) is 0 Å². The molecule has 15 heavy (non-hydrogen) atoms. The number of quaternary nitrogens is 1. The van der Waals surface area contributed by atoms with Crippen molar-refractivity contribution in [2.24, 2.45) is 0 Å². The Labute approximate surface area is 89.7 Å². The van der Waals surface area contributed by atoms with Crippen LogP contribution >= 0.6 is 0 Å². The maximum Gasteiger partial charge on any atom is 0.269 e. The monoisotopic (exact) mass is 214 g/mol. The van der Waals surface area contributed by atoms with E-state index in [1.807, 2.05) is 0 Å². The van der Waals surface area contributed by atoms with Gasteiger partial charge in [0.05, 0.1) is 32.2 Å². The third kappa shape index (κ3) is 2.92. The van der Waals surface area contributed by atoms with Crippen molar-refractivity contribution in [1.82, 2.24) is 4.90 Å².